The Labute approximate surface area is 400 Å². The minimum atomic E-state index is 0.516. The number of para-hydroxylation sites is 4. The fourth-order valence-electron chi connectivity index (χ4n) is 11.0. The summed E-state index contributed by atoms with van der Waals surface area (Å²) in [6.07, 6.45) is 0. The molecule has 0 amide bonds. The van der Waals surface area contributed by atoms with Gasteiger partial charge in [0.15, 0.2) is 11.6 Å². The first-order valence-electron chi connectivity index (χ1n) is 23.6. The van der Waals surface area contributed by atoms with Crippen molar-refractivity contribution >= 4 is 87.4 Å². The highest BCUT2D eigenvalue weighted by atomic mass is 16.3. The first-order chi connectivity index (χ1) is 34.7. The second-order valence-electron chi connectivity index (χ2n) is 18.0. The van der Waals surface area contributed by atoms with Crippen LogP contribution >= 0.6 is 0 Å². The lowest BCUT2D eigenvalue weighted by molar-refractivity contribution is 0.669. The number of rotatable bonds is 6. The highest BCUT2D eigenvalue weighted by Crippen LogP contribution is 2.43. The molecule has 326 valence electrons. The molecule has 0 saturated heterocycles. The van der Waals surface area contributed by atoms with Crippen LogP contribution in [0.25, 0.3) is 139 Å². The third-order valence-electron chi connectivity index (χ3n) is 14.1. The Kier molecular flexibility index (Phi) is 8.23. The zero-order valence-corrected chi connectivity index (χ0v) is 37.5. The minimum absolute atomic E-state index is 0.516. The van der Waals surface area contributed by atoms with Gasteiger partial charge in [0.1, 0.15) is 11.2 Å². The molecule has 0 aliphatic carbocycles. The van der Waals surface area contributed by atoms with Gasteiger partial charge < -0.3 is 13.6 Å². The van der Waals surface area contributed by atoms with Crippen molar-refractivity contribution in [2.24, 2.45) is 0 Å². The van der Waals surface area contributed by atoms with Gasteiger partial charge in [-0.3, -0.25) is 4.57 Å². The van der Waals surface area contributed by atoms with Crippen molar-refractivity contribution in [3.8, 4) is 51.2 Å². The Bertz CT molecular complexity index is 4530. The van der Waals surface area contributed by atoms with Crippen molar-refractivity contribution < 1.29 is 4.42 Å². The lowest BCUT2D eigenvalue weighted by Crippen LogP contribution is -2.07. The molecule has 7 heteroatoms. The van der Waals surface area contributed by atoms with Crippen molar-refractivity contribution in [2.45, 2.75) is 0 Å². The largest absolute Gasteiger partial charge is 0.456 e. The summed E-state index contributed by atoms with van der Waals surface area (Å²) in [7, 11) is 0. The molecule has 15 rings (SSSR count). The average molecular weight is 895 g/mol. The van der Waals surface area contributed by atoms with Crippen LogP contribution in [0.15, 0.2) is 235 Å². The zero-order chi connectivity index (χ0) is 45.9. The first-order valence-corrected chi connectivity index (χ1v) is 23.6. The lowest BCUT2D eigenvalue weighted by atomic mass is 10.1. The molecule has 0 fully saturated rings. The van der Waals surface area contributed by atoms with E-state index in [0.717, 1.165) is 105 Å². The predicted octanol–water partition coefficient (Wildman–Crippen LogP) is 16.1. The standard InChI is InChI=1S/C63H38N6O/c1-3-15-39(16-4-1)40-27-30-43(31-28-40)68-55-25-13-9-21-47(55)50-34-35-51-52-38-44(67-53-23-11-7-19-45(53)46-20-8-12-24-54(46)67)32-36-56(52)69(60(51)59(50)68)63-65-61(41-17-5-2-6-18-41)64-62(66-63)42-29-33-49-48-22-10-14-26-57(48)70-58(49)37-42/h1-38H. The number of fused-ring (bicyclic) bond motifs is 13. The van der Waals surface area contributed by atoms with E-state index < -0.39 is 0 Å². The summed E-state index contributed by atoms with van der Waals surface area (Å²) in [5.74, 6) is 1.64. The summed E-state index contributed by atoms with van der Waals surface area (Å²) < 4.78 is 13.5. The maximum atomic E-state index is 6.43. The second-order valence-corrected chi connectivity index (χ2v) is 18.0. The Hall–Kier alpha value is -9.59. The van der Waals surface area contributed by atoms with Crippen molar-refractivity contribution in [1.29, 1.82) is 0 Å². The van der Waals surface area contributed by atoms with E-state index in [0.29, 0.717) is 17.6 Å². The molecule has 7 nitrogen and oxygen atoms in total. The SMILES string of the molecule is c1ccc(-c2ccc(-n3c4ccccc4c4ccc5c6cc(-n7c8ccccc8c8ccccc87)ccc6n(-c6nc(-c7ccccc7)nc(-c7ccc8c(c7)oc7ccccc78)n6)c5c43)cc2)cc1. The van der Waals surface area contributed by atoms with Gasteiger partial charge in [-0.2, -0.15) is 9.97 Å². The molecule has 5 heterocycles. The Balaban J connectivity index is 1.06. The molecule has 0 radical (unpaired) electrons. The van der Waals surface area contributed by atoms with Gasteiger partial charge in [0, 0.05) is 65.6 Å². The van der Waals surface area contributed by atoms with Crippen molar-refractivity contribution in [3.63, 3.8) is 0 Å². The Morgan fingerprint density at radius 2 is 0.743 bits per heavy atom. The molecule has 0 spiro atoms. The second kappa shape index (κ2) is 15.0. The molecule has 10 aromatic carbocycles. The highest BCUT2D eigenvalue weighted by molar-refractivity contribution is 6.24. The molecular formula is C63H38N6O. The summed E-state index contributed by atoms with van der Waals surface area (Å²) in [5, 5.41) is 9.02. The monoisotopic (exact) mass is 894 g/mol. The van der Waals surface area contributed by atoms with E-state index in [-0.39, 0.29) is 0 Å². The summed E-state index contributed by atoms with van der Waals surface area (Å²) in [5.41, 5.74) is 14.3. The molecule has 0 atom stereocenters. The summed E-state index contributed by atoms with van der Waals surface area (Å²) in [6, 6.07) is 81.6. The maximum Gasteiger partial charge on any atom is 0.238 e. The van der Waals surface area contributed by atoms with Gasteiger partial charge in [0.25, 0.3) is 0 Å². The van der Waals surface area contributed by atoms with Crippen LogP contribution in [-0.4, -0.2) is 28.7 Å². The number of furan rings is 1. The quantitative estimate of drug-likeness (QED) is 0.167. The molecule has 0 saturated carbocycles. The number of aromatic nitrogens is 6. The number of hydrogen-bond donors (Lipinski definition) is 0. The average Bonchev–Trinajstić information content (AvgIpc) is 4.17. The minimum Gasteiger partial charge on any atom is -0.456 e. The third-order valence-corrected chi connectivity index (χ3v) is 14.1. The van der Waals surface area contributed by atoms with Crippen LogP contribution < -0.4 is 0 Å². The van der Waals surface area contributed by atoms with Gasteiger partial charge in [-0.1, -0.05) is 164 Å². The lowest BCUT2D eigenvalue weighted by Gasteiger charge is -2.14. The molecule has 0 bridgehead atoms. The van der Waals surface area contributed by atoms with Crippen LogP contribution in [0.2, 0.25) is 0 Å². The van der Waals surface area contributed by atoms with E-state index in [4.69, 9.17) is 19.4 Å². The van der Waals surface area contributed by atoms with Crippen molar-refractivity contribution in [2.75, 3.05) is 0 Å². The van der Waals surface area contributed by atoms with Gasteiger partial charge >= 0.3 is 0 Å². The van der Waals surface area contributed by atoms with E-state index in [1.807, 2.05) is 36.4 Å². The normalized spacial score (nSPS) is 12.0. The number of nitrogens with zero attached hydrogens (tertiary/aromatic N) is 6. The van der Waals surface area contributed by atoms with Crippen LogP contribution in [0.1, 0.15) is 0 Å². The summed E-state index contributed by atoms with van der Waals surface area (Å²) in [6.45, 7) is 0. The van der Waals surface area contributed by atoms with Crippen LogP contribution in [0.5, 0.6) is 0 Å². The van der Waals surface area contributed by atoms with Gasteiger partial charge in [-0.15, -0.1) is 0 Å². The molecule has 5 aromatic heterocycles. The molecule has 0 N–H and O–H groups in total. The van der Waals surface area contributed by atoms with Gasteiger partial charge in [-0.05, 0) is 77.9 Å². The highest BCUT2D eigenvalue weighted by Gasteiger charge is 2.25. The molecular weight excluding hydrogens is 857 g/mol. The smallest absolute Gasteiger partial charge is 0.238 e. The molecule has 0 aliphatic heterocycles. The van der Waals surface area contributed by atoms with E-state index >= 15 is 0 Å². The molecule has 0 aliphatic rings. The van der Waals surface area contributed by atoms with E-state index in [9.17, 15) is 0 Å². The molecule has 0 unspecified atom stereocenters. The van der Waals surface area contributed by atoms with Gasteiger partial charge in [0.05, 0.1) is 33.1 Å². The Morgan fingerprint density at radius 3 is 1.44 bits per heavy atom. The topological polar surface area (TPSA) is 66.6 Å². The van der Waals surface area contributed by atoms with Gasteiger partial charge in [0.2, 0.25) is 5.95 Å². The summed E-state index contributed by atoms with van der Waals surface area (Å²) in [4.78, 5) is 16.1. The predicted molar refractivity (Wildman–Crippen MR) is 286 cm³/mol. The fourth-order valence-corrected chi connectivity index (χ4v) is 11.0. The molecule has 15 aromatic rings. The van der Waals surface area contributed by atoms with Crippen LogP contribution in [0.4, 0.5) is 0 Å². The van der Waals surface area contributed by atoms with Crippen LogP contribution in [0.3, 0.4) is 0 Å². The van der Waals surface area contributed by atoms with Crippen molar-refractivity contribution in [3.05, 3.63) is 231 Å². The van der Waals surface area contributed by atoms with Crippen LogP contribution in [-0.2, 0) is 0 Å². The van der Waals surface area contributed by atoms with Crippen molar-refractivity contribution in [1.82, 2.24) is 28.7 Å². The van der Waals surface area contributed by atoms with Gasteiger partial charge in [-0.25, -0.2) is 4.98 Å². The number of hydrogen-bond acceptors (Lipinski definition) is 4. The van der Waals surface area contributed by atoms with E-state index in [1.165, 1.54) is 16.3 Å². The summed E-state index contributed by atoms with van der Waals surface area (Å²) >= 11 is 0. The molecule has 70 heavy (non-hydrogen) atoms. The van der Waals surface area contributed by atoms with E-state index in [2.05, 4.69) is 208 Å². The third kappa shape index (κ3) is 5.72. The zero-order valence-electron chi connectivity index (χ0n) is 37.5. The van der Waals surface area contributed by atoms with E-state index in [1.54, 1.807) is 0 Å². The number of benzene rings is 10. The first kappa shape index (κ1) is 38.5. The van der Waals surface area contributed by atoms with Crippen LogP contribution in [0, 0.1) is 0 Å². The Morgan fingerprint density at radius 1 is 0.271 bits per heavy atom. The fraction of sp³-hybridized carbons (Fsp3) is 0. The maximum absolute atomic E-state index is 6.43.